The molecule has 3 rings (SSSR count). The Morgan fingerprint density at radius 3 is 2.54 bits per heavy atom. The number of carbonyl (C=O) groups is 2. The van der Waals surface area contributed by atoms with Crippen LogP contribution in [-0.4, -0.2) is 22.6 Å². The summed E-state index contributed by atoms with van der Waals surface area (Å²) in [7, 11) is 0. The number of nitrogens with two attached hydrogens (primary N) is 1. The SMILES string of the molecule is Cc1nc(CSc2ccc(C(=O)Nc3ccccc3SCC(N)=O)cc2)cs1. The van der Waals surface area contributed by atoms with Crippen molar-refractivity contribution in [3.05, 3.63) is 70.2 Å². The number of hydrogen-bond donors (Lipinski definition) is 2. The second-order valence-corrected chi connectivity index (χ2v) is 9.00. The van der Waals surface area contributed by atoms with Gasteiger partial charge >= 0.3 is 0 Å². The topological polar surface area (TPSA) is 85.1 Å². The van der Waals surface area contributed by atoms with E-state index in [1.165, 1.54) is 11.8 Å². The summed E-state index contributed by atoms with van der Waals surface area (Å²) in [6.07, 6.45) is 0. The van der Waals surface area contributed by atoms with E-state index in [0.717, 1.165) is 26.2 Å². The molecule has 28 heavy (non-hydrogen) atoms. The van der Waals surface area contributed by atoms with Crippen molar-refractivity contribution in [2.45, 2.75) is 22.5 Å². The molecule has 0 aliphatic carbocycles. The third kappa shape index (κ3) is 5.85. The van der Waals surface area contributed by atoms with Crippen molar-refractivity contribution in [2.24, 2.45) is 5.73 Å². The molecule has 0 aliphatic rings. The number of anilines is 1. The third-order valence-electron chi connectivity index (χ3n) is 3.67. The molecule has 0 saturated carbocycles. The van der Waals surface area contributed by atoms with Crippen LogP contribution in [0.4, 0.5) is 5.69 Å². The fourth-order valence-corrected chi connectivity index (χ4v) is 4.63. The van der Waals surface area contributed by atoms with Crippen LogP contribution in [0.1, 0.15) is 21.1 Å². The first kappa shape index (κ1) is 20.4. The number of benzene rings is 2. The average Bonchev–Trinajstić information content (AvgIpc) is 3.11. The van der Waals surface area contributed by atoms with E-state index in [1.807, 2.05) is 49.4 Å². The lowest BCUT2D eigenvalue weighted by molar-refractivity contribution is -0.115. The number of rotatable bonds is 8. The summed E-state index contributed by atoms with van der Waals surface area (Å²) in [6, 6.07) is 14.8. The molecule has 8 heteroatoms. The van der Waals surface area contributed by atoms with Gasteiger partial charge < -0.3 is 11.1 Å². The highest BCUT2D eigenvalue weighted by atomic mass is 32.2. The summed E-state index contributed by atoms with van der Waals surface area (Å²) in [5.41, 5.74) is 7.51. The van der Waals surface area contributed by atoms with Crippen LogP contribution in [0, 0.1) is 6.92 Å². The van der Waals surface area contributed by atoms with Crippen LogP contribution >= 0.6 is 34.9 Å². The zero-order valence-corrected chi connectivity index (χ0v) is 17.6. The maximum atomic E-state index is 12.6. The number of hydrogen-bond acceptors (Lipinski definition) is 6. The van der Waals surface area contributed by atoms with Crippen molar-refractivity contribution >= 4 is 52.4 Å². The van der Waals surface area contributed by atoms with Gasteiger partial charge in [-0.05, 0) is 43.3 Å². The number of aryl methyl sites for hydroxylation is 1. The highest BCUT2D eigenvalue weighted by Gasteiger charge is 2.10. The Kier molecular flexibility index (Phi) is 7.13. The molecule has 0 atom stereocenters. The van der Waals surface area contributed by atoms with Gasteiger partial charge in [-0.25, -0.2) is 4.98 Å². The van der Waals surface area contributed by atoms with Crippen LogP contribution in [0.15, 0.2) is 63.7 Å². The molecule has 1 aromatic heterocycles. The number of thiazole rings is 1. The van der Waals surface area contributed by atoms with Crippen molar-refractivity contribution in [3.63, 3.8) is 0 Å². The molecule has 3 N–H and O–H groups in total. The van der Waals surface area contributed by atoms with Gasteiger partial charge in [0.2, 0.25) is 5.91 Å². The van der Waals surface area contributed by atoms with E-state index in [-0.39, 0.29) is 11.7 Å². The molecule has 0 spiro atoms. The van der Waals surface area contributed by atoms with Crippen LogP contribution in [0.5, 0.6) is 0 Å². The van der Waals surface area contributed by atoms with E-state index in [0.29, 0.717) is 11.3 Å². The van der Waals surface area contributed by atoms with Crippen molar-refractivity contribution in [2.75, 3.05) is 11.1 Å². The summed E-state index contributed by atoms with van der Waals surface area (Å²) in [5.74, 6) is 0.378. The molecule has 0 aliphatic heterocycles. The largest absolute Gasteiger partial charge is 0.369 e. The molecule has 0 saturated heterocycles. The summed E-state index contributed by atoms with van der Waals surface area (Å²) >= 11 is 4.64. The number of carbonyl (C=O) groups excluding carboxylic acids is 2. The zero-order valence-electron chi connectivity index (χ0n) is 15.2. The summed E-state index contributed by atoms with van der Waals surface area (Å²) < 4.78 is 0. The Bertz CT molecular complexity index is 971. The minimum absolute atomic E-state index is 0.164. The molecule has 5 nitrogen and oxygen atoms in total. The van der Waals surface area contributed by atoms with Gasteiger partial charge in [0.1, 0.15) is 0 Å². The van der Waals surface area contributed by atoms with Crippen molar-refractivity contribution in [1.82, 2.24) is 4.98 Å². The van der Waals surface area contributed by atoms with E-state index in [1.54, 1.807) is 29.2 Å². The highest BCUT2D eigenvalue weighted by Crippen LogP contribution is 2.28. The number of nitrogens with zero attached hydrogens (tertiary/aromatic N) is 1. The van der Waals surface area contributed by atoms with Crippen LogP contribution in [-0.2, 0) is 10.5 Å². The molecule has 2 aromatic carbocycles. The highest BCUT2D eigenvalue weighted by molar-refractivity contribution is 8.00. The molecule has 0 fully saturated rings. The predicted octanol–water partition coefficient (Wildman–Crippen LogP) is 4.57. The van der Waals surface area contributed by atoms with E-state index in [4.69, 9.17) is 5.73 Å². The van der Waals surface area contributed by atoms with E-state index >= 15 is 0 Å². The summed E-state index contributed by atoms with van der Waals surface area (Å²) in [5, 5.41) is 6.04. The fourth-order valence-electron chi connectivity index (χ4n) is 2.37. The quantitative estimate of drug-likeness (QED) is 0.512. The van der Waals surface area contributed by atoms with Crippen LogP contribution < -0.4 is 11.1 Å². The van der Waals surface area contributed by atoms with Crippen LogP contribution in [0.3, 0.4) is 0 Å². The Morgan fingerprint density at radius 2 is 1.86 bits per heavy atom. The third-order valence-corrected chi connectivity index (χ3v) is 6.64. The first-order chi connectivity index (χ1) is 13.5. The van der Waals surface area contributed by atoms with Gasteiger partial charge in [-0.1, -0.05) is 12.1 Å². The van der Waals surface area contributed by atoms with Gasteiger partial charge in [0.05, 0.1) is 22.1 Å². The maximum Gasteiger partial charge on any atom is 0.255 e. The fraction of sp³-hybridized carbons (Fsp3) is 0.150. The smallest absolute Gasteiger partial charge is 0.255 e. The normalized spacial score (nSPS) is 10.6. The molecule has 0 bridgehead atoms. The van der Waals surface area contributed by atoms with E-state index in [2.05, 4.69) is 15.7 Å². The van der Waals surface area contributed by atoms with Gasteiger partial charge in [0.25, 0.3) is 5.91 Å². The Balaban J connectivity index is 1.61. The molecule has 0 unspecified atom stereocenters. The molecule has 2 amide bonds. The first-order valence-electron chi connectivity index (χ1n) is 8.46. The van der Waals surface area contributed by atoms with Gasteiger partial charge in [0, 0.05) is 26.5 Å². The average molecular weight is 430 g/mol. The van der Waals surface area contributed by atoms with Crippen LogP contribution in [0.25, 0.3) is 0 Å². The van der Waals surface area contributed by atoms with Gasteiger partial charge in [-0.15, -0.1) is 34.9 Å². The number of para-hydroxylation sites is 1. The van der Waals surface area contributed by atoms with Crippen LogP contribution in [0.2, 0.25) is 0 Å². The van der Waals surface area contributed by atoms with Crippen molar-refractivity contribution in [1.29, 1.82) is 0 Å². The Hall–Kier alpha value is -2.29. The standard InChI is InChI=1S/C20H19N3O2S3/c1-13-22-15(10-26-13)11-27-16-8-6-14(7-9-16)20(25)23-17-4-2-3-5-18(17)28-12-19(21)24/h2-10H,11-12H2,1H3,(H2,21,24)(H,23,25). The summed E-state index contributed by atoms with van der Waals surface area (Å²) in [6.45, 7) is 2.00. The lowest BCUT2D eigenvalue weighted by Crippen LogP contribution is -2.14. The van der Waals surface area contributed by atoms with E-state index < -0.39 is 5.91 Å². The second-order valence-electron chi connectivity index (χ2n) is 5.88. The molecular formula is C20H19N3O2S3. The minimum Gasteiger partial charge on any atom is -0.369 e. The molecule has 1 heterocycles. The Morgan fingerprint density at radius 1 is 1.11 bits per heavy atom. The number of aromatic nitrogens is 1. The lowest BCUT2D eigenvalue weighted by atomic mass is 10.2. The van der Waals surface area contributed by atoms with Gasteiger partial charge in [-0.3, -0.25) is 9.59 Å². The number of primary amides is 1. The molecule has 0 radical (unpaired) electrons. The monoisotopic (exact) mass is 429 g/mol. The number of thioether (sulfide) groups is 2. The van der Waals surface area contributed by atoms with E-state index in [9.17, 15) is 9.59 Å². The van der Waals surface area contributed by atoms with Crippen molar-refractivity contribution in [3.8, 4) is 0 Å². The maximum absolute atomic E-state index is 12.6. The molecule has 3 aromatic rings. The van der Waals surface area contributed by atoms with Crippen molar-refractivity contribution < 1.29 is 9.59 Å². The molecular weight excluding hydrogens is 410 g/mol. The first-order valence-corrected chi connectivity index (χ1v) is 11.3. The van der Waals surface area contributed by atoms with Gasteiger partial charge in [-0.2, -0.15) is 0 Å². The predicted molar refractivity (Wildman–Crippen MR) is 117 cm³/mol. The zero-order chi connectivity index (χ0) is 19.9. The number of amides is 2. The van der Waals surface area contributed by atoms with Gasteiger partial charge in [0.15, 0.2) is 0 Å². The molecule has 144 valence electrons. The number of nitrogens with one attached hydrogen (secondary N) is 1. The second kappa shape index (κ2) is 9.77. The summed E-state index contributed by atoms with van der Waals surface area (Å²) in [4.78, 5) is 29.9. The lowest BCUT2D eigenvalue weighted by Gasteiger charge is -2.10. The minimum atomic E-state index is -0.396. The Labute approximate surface area is 176 Å².